The second-order valence-corrected chi connectivity index (χ2v) is 4.93. The maximum absolute atomic E-state index is 6.01. The Kier molecular flexibility index (Phi) is 5.79. The van der Waals surface area contributed by atoms with Gasteiger partial charge in [0, 0.05) is 11.1 Å². The van der Waals surface area contributed by atoms with Gasteiger partial charge in [-0.1, -0.05) is 25.4 Å². The molecule has 0 aliphatic rings. The van der Waals surface area contributed by atoms with E-state index in [1.54, 1.807) is 0 Å². The number of hydrogen-bond donors (Lipinski definition) is 1. The lowest BCUT2D eigenvalue weighted by atomic mass is 10.1. The first kappa shape index (κ1) is 14.3. The summed E-state index contributed by atoms with van der Waals surface area (Å²) < 4.78 is 5.99. The average Bonchev–Trinajstić information content (AvgIpc) is 2.27. The summed E-state index contributed by atoms with van der Waals surface area (Å²) in [4.78, 5) is 0. The zero-order chi connectivity index (χ0) is 12.8. The molecular formula is C14H22ClNO. The van der Waals surface area contributed by atoms with Gasteiger partial charge >= 0.3 is 0 Å². The predicted molar refractivity (Wildman–Crippen MR) is 73.8 cm³/mol. The van der Waals surface area contributed by atoms with Gasteiger partial charge in [-0.3, -0.25) is 0 Å². The van der Waals surface area contributed by atoms with Crippen molar-refractivity contribution in [3.05, 3.63) is 28.8 Å². The van der Waals surface area contributed by atoms with E-state index in [0.717, 1.165) is 35.6 Å². The van der Waals surface area contributed by atoms with Gasteiger partial charge < -0.3 is 10.5 Å². The first-order chi connectivity index (χ1) is 8.06. The lowest BCUT2D eigenvalue weighted by Crippen LogP contribution is -2.20. The van der Waals surface area contributed by atoms with Crippen molar-refractivity contribution in [3.8, 4) is 5.75 Å². The van der Waals surface area contributed by atoms with Crippen molar-refractivity contribution in [2.45, 2.75) is 52.2 Å². The van der Waals surface area contributed by atoms with Crippen molar-refractivity contribution in [1.29, 1.82) is 0 Å². The summed E-state index contributed by atoms with van der Waals surface area (Å²) >= 11 is 6.01. The predicted octanol–water partition coefficient (Wildman–Crippen LogP) is 3.80. The van der Waals surface area contributed by atoms with Crippen LogP contribution in [0.15, 0.2) is 18.2 Å². The molecule has 0 heterocycles. The lowest BCUT2D eigenvalue weighted by molar-refractivity contribution is 0.191. The van der Waals surface area contributed by atoms with Crippen LogP contribution in [0.2, 0.25) is 5.02 Å². The van der Waals surface area contributed by atoms with Gasteiger partial charge in [0.15, 0.2) is 0 Å². The first-order valence-electron chi connectivity index (χ1n) is 6.27. The Labute approximate surface area is 109 Å². The highest BCUT2D eigenvalue weighted by Crippen LogP contribution is 2.26. The molecule has 96 valence electrons. The minimum atomic E-state index is 0.109. The SMILES string of the molecule is CCC(CC)Oc1ccc(Cl)cc1CC(C)N. The van der Waals surface area contributed by atoms with Gasteiger partial charge in [-0.2, -0.15) is 0 Å². The van der Waals surface area contributed by atoms with Crippen LogP contribution in [0.1, 0.15) is 39.2 Å². The molecule has 2 nitrogen and oxygen atoms in total. The number of rotatable bonds is 6. The average molecular weight is 256 g/mol. The Hall–Kier alpha value is -0.730. The summed E-state index contributed by atoms with van der Waals surface area (Å²) in [6, 6.07) is 5.86. The number of hydrogen-bond acceptors (Lipinski definition) is 2. The second-order valence-electron chi connectivity index (χ2n) is 4.49. The normalized spacial score (nSPS) is 12.8. The van der Waals surface area contributed by atoms with E-state index >= 15 is 0 Å². The van der Waals surface area contributed by atoms with Crippen LogP contribution in [0.5, 0.6) is 5.75 Å². The highest BCUT2D eigenvalue weighted by Gasteiger charge is 2.11. The molecule has 0 aromatic heterocycles. The number of benzene rings is 1. The molecule has 0 aliphatic heterocycles. The third-order valence-corrected chi connectivity index (χ3v) is 3.00. The highest BCUT2D eigenvalue weighted by atomic mass is 35.5. The molecule has 1 aromatic rings. The Morgan fingerprint density at radius 2 is 1.94 bits per heavy atom. The molecule has 0 bridgehead atoms. The monoisotopic (exact) mass is 255 g/mol. The molecule has 0 aliphatic carbocycles. The van der Waals surface area contributed by atoms with Gasteiger partial charge in [-0.25, -0.2) is 0 Å². The van der Waals surface area contributed by atoms with Gasteiger partial charge in [-0.15, -0.1) is 0 Å². The van der Waals surface area contributed by atoms with Crippen LogP contribution in [0.25, 0.3) is 0 Å². The molecule has 2 N–H and O–H groups in total. The third-order valence-electron chi connectivity index (χ3n) is 2.77. The fourth-order valence-electron chi connectivity index (χ4n) is 1.80. The number of halogens is 1. The molecule has 0 saturated carbocycles. The van der Waals surface area contributed by atoms with Crippen LogP contribution < -0.4 is 10.5 Å². The largest absolute Gasteiger partial charge is 0.490 e. The molecule has 0 amide bonds. The molecule has 0 fully saturated rings. The van der Waals surface area contributed by atoms with Gasteiger partial charge in [0.1, 0.15) is 5.75 Å². The van der Waals surface area contributed by atoms with Crippen molar-refractivity contribution in [1.82, 2.24) is 0 Å². The summed E-state index contributed by atoms with van der Waals surface area (Å²) in [6.07, 6.45) is 3.08. The Morgan fingerprint density at radius 3 is 2.47 bits per heavy atom. The molecule has 1 unspecified atom stereocenters. The maximum atomic E-state index is 6.01. The summed E-state index contributed by atoms with van der Waals surface area (Å²) in [5, 5.41) is 0.734. The minimum absolute atomic E-state index is 0.109. The lowest BCUT2D eigenvalue weighted by Gasteiger charge is -2.19. The second kappa shape index (κ2) is 6.87. The van der Waals surface area contributed by atoms with E-state index in [-0.39, 0.29) is 12.1 Å². The fraction of sp³-hybridized carbons (Fsp3) is 0.571. The van der Waals surface area contributed by atoms with E-state index in [1.807, 2.05) is 25.1 Å². The fourth-order valence-corrected chi connectivity index (χ4v) is 2.00. The molecule has 17 heavy (non-hydrogen) atoms. The zero-order valence-corrected chi connectivity index (χ0v) is 11.6. The minimum Gasteiger partial charge on any atom is -0.490 e. The molecular weight excluding hydrogens is 234 g/mol. The summed E-state index contributed by atoms with van der Waals surface area (Å²) in [7, 11) is 0. The van der Waals surface area contributed by atoms with Gasteiger partial charge in [0.05, 0.1) is 6.10 Å². The van der Waals surface area contributed by atoms with E-state index in [1.165, 1.54) is 0 Å². The summed E-state index contributed by atoms with van der Waals surface area (Å²) in [6.45, 7) is 6.26. The van der Waals surface area contributed by atoms with Gasteiger partial charge in [0.2, 0.25) is 0 Å². The van der Waals surface area contributed by atoms with Crippen LogP contribution in [0.3, 0.4) is 0 Å². The van der Waals surface area contributed by atoms with E-state index in [2.05, 4.69) is 13.8 Å². The molecule has 1 aromatic carbocycles. The number of nitrogens with two attached hydrogens (primary N) is 1. The van der Waals surface area contributed by atoms with E-state index in [9.17, 15) is 0 Å². The van der Waals surface area contributed by atoms with Gasteiger partial charge in [-0.05, 0) is 49.9 Å². The van der Waals surface area contributed by atoms with Crippen molar-refractivity contribution < 1.29 is 4.74 Å². The Morgan fingerprint density at radius 1 is 1.29 bits per heavy atom. The van der Waals surface area contributed by atoms with Crippen LogP contribution in [0, 0.1) is 0 Å². The Bertz CT molecular complexity index is 348. The van der Waals surface area contributed by atoms with E-state index in [0.29, 0.717) is 0 Å². The van der Waals surface area contributed by atoms with Crippen LogP contribution in [-0.2, 0) is 6.42 Å². The molecule has 0 saturated heterocycles. The van der Waals surface area contributed by atoms with Crippen LogP contribution in [-0.4, -0.2) is 12.1 Å². The molecule has 0 spiro atoms. The summed E-state index contributed by atoms with van der Waals surface area (Å²) in [5.41, 5.74) is 6.94. The zero-order valence-electron chi connectivity index (χ0n) is 10.9. The maximum Gasteiger partial charge on any atom is 0.123 e. The quantitative estimate of drug-likeness (QED) is 0.839. The van der Waals surface area contributed by atoms with E-state index < -0.39 is 0 Å². The van der Waals surface area contributed by atoms with Crippen molar-refractivity contribution in [2.75, 3.05) is 0 Å². The van der Waals surface area contributed by atoms with Crippen molar-refractivity contribution in [3.63, 3.8) is 0 Å². The van der Waals surface area contributed by atoms with Crippen LogP contribution >= 0.6 is 11.6 Å². The van der Waals surface area contributed by atoms with Gasteiger partial charge in [0.25, 0.3) is 0 Å². The van der Waals surface area contributed by atoms with Crippen molar-refractivity contribution in [2.24, 2.45) is 5.73 Å². The van der Waals surface area contributed by atoms with Crippen molar-refractivity contribution >= 4 is 11.6 Å². The molecule has 3 heteroatoms. The topological polar surface area (TPSA) is 35.2 Å². The smallest absolute Gasteiger partial charge is 0.123 e. The molecule has 1 atom stereocenters. The highest BCUT2D eigenvalue weighted by molar-refractivity contribution is 6.30. The third kappa shape index (κ3) is 4.57. The molecule has 0 radical (unpaired) electrons. The van der Waals surface area contributed by atoms with Crippen LogP contribution in [0.4, 0.5) is 0 Å². The molecule has 1 rings (SSSR count). The summed E-state index contributed by atoms with van der Waals surface area (Å²) in [5.74, 6) is 0.917. The van der Waals surface area contributed by atoms with E-state index in [4.69, 9.17) is 22.1 Å². The first-order valence-corrected chi connectivity index (χ1v) is 6.65. The Balaban J connectivity index is 2.89. The number of ether oxygens (including phenoxy) is 1. The standard InChI is InChI=1S/C14H22ClNO/c1-4-13(5-2)17-14-7-6-12(15)9-11(14)8-10(3)16/h6-7,9-10,13H,4-5,8,16H2,1-3H3.